The van der Waals surface area contributed by atoms with E-state index >= 15 is 0 Å². The topological polar surface area (TPSA) is 88.9 Å². The van der Waals surface area contributed by atoms with Crippen LogP contribution in [0.4, 0.5) is 11.6 Å². The van der Waals surface area contributed by atoms with Crippen LogP contribution in [0.1, 0.15) is 23.6 Å². The standard InChI is InChI=1S/C20H18ClN5O2/c1-11-3-8-15(9-12(11)2)22-19(28)16-10-17(27)23-20-24-18(25-26(16)20)13-4-6-14(21)7-5-13/h3-9,16H,10H2,1-2H3,(H,22,28)(H,23,24,25,27)/t16-/m0/s1. The number of hydrogen-bond donors (Lipinski definition) is 2. The van der Waals surface area contributed by atoms with Crippen LogP contribution in [-0.2, 0) is 9.59 Å². The van der Waals surface area contributed by atoms with Crippen LogP contribution in [0.3, 0.4) is 0 Å². The van der Waals surface area contributed by atoms with Crippen LogP contribution in [0.5, 0.6) is 0 Å². The average molecular weight is 396 g/mol. The Balaban J connectivity index is 1.63. The van der Waals surface area contributed by atoms with Gasteiger partial charge in [0.2, 0.25) is 17.8 Å². The van der Waals surface area contributed by atoms with E-state index in [0.29, 0.717) is 16.5 Å². The Kier molecular flexibility index (Phi) is 4.60. The molecular formula is C20H18ClN5O2. The number of carbonyl (C=O) groups is 2. The Bertz CT molecular complexity index is 1070. The molecule has 3 aromatic rings. The first kappa shape index (κ1) is 18.2. The van der Waals surface area contributed by atoms with Crippen LogP contribution in [0.25, 0.3) is 11.4 Å². The van der Waals surface area contributed by atoms with E-state index in [1.807, 2.05) is 32.0 Å². The molecule has 0 spiro atoms. The second kappa shape index (κ2) is 7.09. The molecule has 8 heteroatoms. The van der Waals surface area contributed by atoms with Crippen molar-refractivity contribution in [2.45, 2.75) is 26.3 Å². The lowest BCUT2D eigenvalue weighted by molar-refractivity contribution is -0.125. The van der Waals surface area contributed by atoms with Crippen molar-refractivity contribution in [3.8, 4) is 11.4 Å². The smallest absolute Gasteiger partial charge is 0.249 e. The second-order valence-corrected chi connectivity index (χ2v) is 7.20. The van der Waals surface area contributed by atoms with Crippen LogP contribution >= 0.6 is 11.6 Å². The Morgan fingerprint density at radius 3 is 2.64 bits per heavy atom. The minimum atomic E-state index is -0.779. The summed E-state index contributed by atoms with van der Waals surface area (Å²) in [4.78, 5) is 29.3. The molecule has 4 rings (SSSR count). The zero-order chi connectivity index (χ0) is 19.8. The van der Waals surface area contributed by atoms with Crippen molar-refractivity contribution in [3.05, 3.63) is 58.6 Å². The number of nitrogens with zero attached hydrogens (tertiary/aromatic N) is 3. The Hall–Kier alpha value is -3.19. The third-order valence-electron chi connectivity index (χ3n) is 4.74. The highest BCUT2D eigenvalue weighted by Gasteiger charge is 2.33. The van der Waals surface area contributed by atoms with Gasteiger partial charge in [-0.25, -0.2) is 4.68 Å². The van der Waals surface area contributed by atoms with E-state index < -0.39 is 6.04 Å². The SMILES string of the molecule is Cc1ccc(NC(=O)[C@@H]2CC(=O)Nc3nc(-c4ccc(Cl)cc4)nn32)cc1C. The quantitative estimate of drug-likeness (QED) is 0.707. The lowest BCUT2D eigenvalue weighted by Crippen LogP contribution is -2.36. The molecule has 142 valence electrons. The van der Waals surface area contributed by atoms with Gasteiger partial charge in [-0.15, -0.1) is 5.10 Å². The van der Waals surface area contributed by atoms with Crippen LogP contribution in [0, 0.1) is 13.8 Å². The molecule has 1 aromatic heterocycles. The van der Waals surface area contributed by atoms with E-state index in [4.69, 9.17) is 11.6 Å². The van der Waals surface area contributed by atoms with Gasteiger partial charge < -0.3 is 5.32 Å². The number of carbonyl (C=O) groups excluding carboxylic acids is 2. The zero-order valence-corrected chi connectivity index (χ0v) is 16.1. The first-order valence-electron chi connectivity index (χ1n) is 8.81. The van der Waals surface area contributed by atoms with Crippen molar-refractivity contribution in [1.82, 2.24) is 14.8 Å². The molecule has 2 N–H and O–H groups in total. The molecule has 0 unspecified atom stereocenters. The average Bonchev–Trinajstić information content (AvgIpc) is 3.08. The fourth-order valence-electron chi connectivity index (χ4n) is 3.03. The predicted molar refractivity (Wildman–Crippen MR) is 107 cm³/mol. The highest BCUT2D eigenvalue weighted by molar-refractivity contribution is 6.30. The predicted octanol–water partition coefficient (Wildman–Crippen LogP) is 3.74. The highest BCUT2D eigenvalue weighted by Crippen LogP contribution is 2.28. The van der Waals surface area contributed by atoms with E-state index in [0.717, 1.165) is 16.7 Å². The van der Waals surface area contributed by atoms with Crippen molar-refractivity contribution < 1.29 is 9.59 Å². The molecule has 2 aromatic carbocycles. The number of anilines is 2. The number of benzene rings is 2. The van der Waals surface area contributed by atoms with Crippen LogP contribution in [0.15, 0.2) is 42.5 Å². The van der Waals surface area contributed by atoms with Crippen LogP contribution in [0.2, 0.25) is 5.02 Å². The van der Waals surface area contributed by atoms with Gasteiger partial charge in [0.05, 0.1) is 6.42 Å². The Morgan fingerprint density at radius 2 is 1.93 bits per heavy atom. The summed E-state index contributed by atoms with van der Waals surface area (Å²) >= 11 is 5.93. The Morgan fingerprint density at radius 1 is 1.18 bits per heavy atom. The zero-order valence-electron chi connectivity index (χ0n) is 15.4. The monoisotopic (exact) mass is 395 g/mol. The van der Waals surface area contributed by atoms with Crippen molar-refractivity contribution in [1.29, 1.82) is 0 Å². The van der Waals surface area contributed by atoms with Crippen molar-refractivity contribution in [2.75, 3.05) is 10.6 Å². The normalized spacial score (nSPS) is 15.7. The van der Waals surface area contributed by atoms with Gasteiger partial charge in [0.1, 0.15) is 6.04 Å². The van der Waals surface area contributed by atoms with Gasteiger partial charge in [0.25, 0.3) is 0 Å². The number of amides is 2. The van der Waals surface area contributed by atoms with E-state index in [9.17, 15) is 9.59 Å². The minimum absolute atomic E-state index is 0.00685. The molecule has 0 saturated heterocycles. The lowest BCUT2D eigenvalue weighted by atomic mass is 10.1. The fourth-order valence-corrected chi connectivity index (χ4v) is 3.16. The number of fused-ring (bicyclic) bond motifs is 1. The van der Waals surface area contributed by atoms with Gasteiger partial charge >= 0.3 is 0 Å². The molecule has 1 aliphatic heterocycles. The molecule has 0 saturated carbocycles. The molecule has 7 nitrogen and oxygen atoms in total. The third-order valence-corrected chi connectivity index (χ3v) is 4.99. The number of halogens is 1. The molecular weight excluding hydrogens is 378 g/mol. The molecule has 0 fully saturated rings. The first-order chi connectivity index (χ1) is 13.4. The summed E-state index contributed by atoms with van der Waals surface area (Å²) in [7, 11) is 0. The largest absolute Gasteiger partial charge is 0.324 e. The summed E-state index contributed by atoms with van der Waals surface area (Å²) in [6.07, 6.45) is -0.00685. The molecule has 0 aliphatic carbocycles. The molecule has 0 bridgehead atoms. The van der Waals surface area contributed by atoms with Gasteiger partial charge in [-0.3, -0.25) is 14.9 Å². The number of aryl methyl sites for hydroxylation is 2. The summed E-state index contributed by atoms with van der Waals surface area (Å²) in [6, 6.07) is 11.9. The first-order valence-corrected chi connectivity index (χ1v) is 9.19. The lowest BCUT2D eigenvalue weighted by Gasteiger charge is -2.22. The summed E-state index contributed by atoms with van der Waals surface area (Å²) in [5.74, 6) is 0.0778. The van der Waals surface area contributed by atoms with Gasteiger partial charge in [-0.2, -0.15) is 4.98 Å². The molecule has 28 heavy (non-hydrogen) atoms. The van der Waals surface area contributed by atoms with Crippen molar-refractivity contribution in [3.63, 3.8) is 0 Å². The number of hydrogen-bond acceptors (Lipinski definition) is 4. The van der Waals surface area contributed by atoms with Gasteiger partial charge in [-0.1, -0.05) is 17.7 Å². The summed E-state index contributed by atoms with van der Waals surface area (Å²) in [5.41, 5.74) is 3.64. The summed E-state index contributed by atoms with van der Waals surface area (Å²) in [6.45, 7) is 3.99. The van der Waals surface area contributed by atoms with Crippen LogP contribution < -0.4 is 10.6 Å². The minimum Gasteiger partial charge on any atom is -0.324 e. The van der Waals surface area contributed by atoms with Crippen LogP contribution in [-0.4, -0.2) is 26.6 Å². The maximum atomic E-state index is 12.9. The summed E-state index contributed by atoms with van der Waals surface area (Å²) in [5, 5.41) is 10.6. The Labute approximate surface area is 166 Å². The van der Waals surface area contributed by atoms with Crippen molar-refractivity contribution >= 4 is 35.1 Å². The van der Waals surface area contributed by atoms with Gasteiger partial charge in [0.15, 0.2) is 5.82 Å². The number of aromatic nitrogens is 3. The van der Waals surface area contributed by atoms with E-state index in [-0.39, 0.29) is 24.2 Å². The van der Waals surface area contributed by atoms with E-state index in [1.54, 1.807) is 24.3 Å². The maximum Gasteiger partial charge on any atom is 0.249 e. The molecule has 1 aliphatic rings. The summed E-state index contributed by atoms with van der Waals surface area (Å²) < 4.78 is 1.46. The number of rotatable bonds is 3. The molecule has 1 atom stereocenters. The van der Waals surface area contributed by atoms with E-state index in [1.165, 1.54) is 4.68 Å². The van der Waals surface area contributed by atoms with Crippen molar-refractivity contribution in [2.24, 2.45) is 0 Å². The maximum absolute atomic E-state index is 12.9. The molecule has 2 amide bonds. The van der Waals surface area contributed by atoms with Gasteiger partial charge in [0, 0.05) is 16.3 Å². The molecule has 0 radical (unpaired) electrons. The highest BCUT2D eigenvalue weighted by atomic mass is 35.5. The molecule has 2 heterocycles. The fraction of sp³-hybridized carbons (Fsp3) is 0.200. The third kappa shape index (κ3) is 3.48. The number of nitrogens with one attached hydrogen (secondary N) is 2. The van der Waals surface area contributed by atoms with Gasteiger partial charge in [-0.05, 0) is 61.4 Å². The second-order valence-electron chi connectivity index (χ2n) is 6.77. The van der Waals surface area contributed by atoms with E-state index in [2.05, 4.69) is 20.7 Å².